The van der Waals surface area contributed by atoms with Crippen molar-refractivity contribution < 1.29 is 4.79 Å². The monoisotopic (exact) mass is 466 g/mol. The molecular weight excluding hydrogens is 444 g/mol. The van der Waals surface area contributed by atoms with Gasteiger partial charge in [-0.2, -0.15) is 9.78 Å². The highest BCUT2D eigenvalue weighted by atomic mass is 32.1. The van der Waals surface area contributed by atoms with Gasteiger partial charge in [-0.05, 0) is 25.1 Å². The van der Waals surface area contributed by atoms with Crippen LogP contribution < -0.4 is 10.9 Å². The van der Waals surface area contributed by atoms with E-state index in [0.717, 1.165) is 16.3 Å². The van der Waals surface area contributed by atoms with E-state index < -0.39 is 0 Å². The highest BCUT2D eigenvalue weighted by Gasteiger charge is 2.17. The Morgan fingerprint density at radius 3 is 2.41 bits per heavy atom. The van der Waals surface area contributed by atoms with E-state index in [0.29, 0.717) is 29.4 Å². The van der Waals surface area contributed by atoms with Crippen LogP contribution in [0.5, 0.6) is 0 Å². The van der Waals surface area contributed by atoms with E-state index in [1.54, 1.807) is 47.7 Å². The number of carbonyl (C=O) groups is 1. The highest BCUT2D eigenvalue weighted by Crippen LogP contribution is 2.24. The lowest BCUT2D eigenvalue weighted by Crippen LogP contribution is -2.31. The fraction of sp³-hybridized carbons (Fsp3) is 0.111. The lowest BCUT2D eigenvalue weighted by molar-refractivity contribution is 0.0949. The third kappa shape index (κ3) is 4.38. The zero-order valence-electron chi connectivity index (χ0n) is 18.6. The zero-order valence-corrected chi connectivity index (χ0v) is 19.4. The van der Waals surface area contributed by atoms with Crippen LogP contribution >= 0.6 is 11.3 Å². The summed E-state index contributed by atoms with van der Waals surface area (Å²) in [6.45, 7) is 2.47. The van der Waals surface area contributed by atoms with Crippen molar-refractivity contribution in [2.24, 2.45) is 0 Å². The van der Waals surface area contributed by atoms with Gasteiger partial charge < -0.3 is 5.32 Å². The van der Waals surface area contributed by atoms with Gasteiger partial charge in [0.05, 0.1) is 16.8 Å². The van der Waals surface area contributed by atoms with Crippen molar-refractivity contribution in [3.8, 4) is 16.3 Å². The molecular formula is C27H22N4O2S. The number of nitrogens with one attached hydrogen (secondary N) is 1. The largest absolute Gasteiger partial charge is 0.350 e. The summed E-state index contributed by atoms with van der Waals surface area (Å²) in [5.41, 5.74) is 3.79. The van der Waals surface area contributed by atoms with Crippen LogP contribution in [0.3, 0.4) is 0 Å². The van der Waals surface area contributed by atoms with Crippen LogP contribution in [0.15, 0.2) is 89.0 Å². The first-order valence-corrected chi connectivity index (χ1v) is 11.9. The van der Waals surface area contributed by atoms with E-state index in [2.05, 4.69) is 41.6 Å². The molecule has 0 radical (unpaired) electrons. The molecule has 2 heterocycles. The number of benzene rings is 3. The Kier molecular flexibility index (Phi) is 6.01. The van der Waals surface area contributed by atoms with Crippen LogP contribution in [0.25, 0.3) is 27.0 Å². The zero-order chi connectivity index (χ0) is 23.5. The molecule has 1 N–H and O–H groups in total. The molecule has 0 saturated carbocycles. The van der Waals surface area contributed by atoms with Gasteiger partial charge in [0, 0.05) is 29.3 Å². The average molecular weight is 467 g/mol. The molecule has 0 fully saturated rings. The van der Waals surface area contributed by atoms with Crippen LogP contribution in [0, 0.1) is 6.92 Å². The standard InChI is InChI=1S/C27H22N4O2S/c1-18-11-13-19(14-12-18)26-29-20(17-34-26)15-16-28-25(32)24-22-9-5-6-10-23(22)27(33)31(30-24)21-7-3-2-4-8-21/h2-14,17H,15-16H2,1H3,(H,28,32). The van der Waals surface area contributed by atoms with Crippen molar-refractivity contribution in [2.75, 3.05) is 6.54 Å². The Morgan fingerprint density at radius 2 is 1.65 bits per heavy atom. The Balaban J connectivity index is 1.36. The minimum absolute atomic E-state index is 0.220. The fourth-order valence-electron chi connectivity index (χ4n) is 3.74. The SMILES string of the molecule is Cc1ccc(-c2nc(CCNC(=O)c3nn(-c4ccccc4)c(=O)c4ccccc34)cs2)cc1. The summed E-state index contributed by atoms with van der Waals surface area (Å²) < 4.78 is 1.28. The van der Waals surface area contributed by atoms with Gasteiger partial charge in [-0.15, -0.1) is 11.3 Å². The number of thiazole rings is 1. The molecule has 5 rings (SSSR count). The molecule has 0 atom stereocenters. The molecule has 0 aliphatic rings. The van der Waals surface area contributed by atoms with Gasteiger partial charge in [-0.1, -0.05) is 66.2 Å². The number of aryl methyl sites for hydroxylation is 1. The summed E-state index contributed by atoms with van der Waals surface area (Å²) in [5, 5.41) is 11.3. The van der Waals surface area contributed by atoms with E-state index in [9.17, 15) is 9.59 Å². The summed E-state index contributed by atoms with van der Waals surface area (Å²) in [4.78, 5) is 30.8. The first-order chi connectivity index (χ1) is 16.6. The molecule has 5 aromatic rings. The van der Waals surface area contributed by atoms with Crippen LogP contribution in [0.1, 0.15) is 21.7 Å². The van der Waals surface area contributed by atoms with Gasteiger partial charge in [-0.25, -0.2) is 4.98 Å². The number of fused-ring (bicyclic) bond motifs is 1. The molecule has 168 valence electrons. The number of hydrogen-bond donors (Lipinski definition) is 1. The second-order valence-corrected chi connectivity index (χ2v) is 8.82. The normalized spacial score (nSPS) is 11.0. The summed E-state index contributed by atoms with van der Waals surface area (Å²) in [6.07, 6.45) is 0.602. The molecule has 0 aliphatic heterocycles. The number of para-hydroxylation sites is 1. The molecule has 0 spiro atoms. The molecule has 34 heavy (non-hydrogen) atoms. The maximum atomic E-state index is 13.1. The summed E-state index contributed by atoms with van der Waals surface area (Å²) in [5.74, 6) is -0.324. The van der Waals surface area contributed by atoms with Crippen molar-refractivity contribution in [1.82, 2.24) is 20.1 Å². The number of carbonyl (C=O) groups excluding carboxylic acids is 1. The lowest BCUT2D eigenvalue weighted by atomic mass is 10.1. The van der Waals surface area contributed by atoms with Gasteiger partial charge in [0.15, 0.2) is 5.69 Å². The predicted octanol–water partition coefficient (Wildman–Crippen LogP) is 4.79. The van der Waals surface area contributed by atoms with E-state index in [1.807, 2.05) is 23.6 Å². The Labute approximate surface area is 200 Å². The molecule has 0 aliphatic carbocycles. The Morgan fingerprint density at radius 1 is 0.941 bits per heavy atom. The second-order valence-electron chi connectivity index (χ2n) is 7.96. The van der Waals surface area contributed by atoms with Gasteiger partial charge >= 0.3 is 0 Å². The lowest BCUT2D eigenvalue weighted by Gasteiger charge is -2.11. The molecule has 0 unspecified atom stereocenters. The topological polar surface area (TPSA) is 76.9 Å². The smallest absolute Gasteiger partial charge is 0.279 e. The number of aromatic nitrogens is 3. The molecule has 7 heteroatoms. The number of amides is 1. The third-order valence-electron chi connectivity index (χ3n) is 5.54. The fourth-order valence-corrected chi connectivity index (χ4v) is 4.60. The predicted molar refractivity (Wildman–Crippen MR) is 136 cm³/mol. The molecule has 1 amide bonds. The van der Waals surface area contributed by atoms with E-state index in [-0.39, 0.29) is 17.2 Å². The van der Waals surface area contributed by atoms with E-state index >= 15 is 0 Å². The molecule has 6 nitrogen and oxygen atoms in total. The summed E-state index contributed by atoms with van der Waals surface area (Å²) >= 11 is 1.59. The number of rotatable bonds is 6. The maximum absolute atomic E-state index is 13.1. The van der Waals surface area contributed by atoms with E-state index in [1.165, 1.54) is 10.2 Å². The van der Waals surface area contributed by atoms with Gasteiger partial charge in [0.1, 0.15) is 5.01 Å². The quantitative estimate of drug-likeness (QED) is 0.390. The molecule has 0 saturated heterocycles. The van der Waals surface area contributed by atoms with E-state index in [4.69, 9.17) is 4.98 Å². The average Bonchev–Trinajstić information content (AvgIpc) is 3.34. The third-order valence-corrected chi connectivity index (χ3v) is 6.48. The first kappa shape index (κ1) is 21.7. The number of hydrogen-bond acceptors (Lipinski definition) is 5. The number of nitrogens with zero attached hydrogens (tertiary/aromatic N) is 3. The summed E-state index contributed by atoms with van der Waals surface area (Å²) in [6, 6.07) is 24.4. The van der Waals surface area contributed by atoms with Crippen molar-refractivity contribution in [2.45, 2.75) is 13.3 Å². The first-order valence-electron chi connectivity index (χ1n) is 11.0. The van der Waals surface area contributed by atoms with Crippen molar-refractivity contribution in [1.29, 1.82) is 0 Å². The van der Waals surface area contributed by atoms with Crippen LogP contribution in [0.4, 0.5) is 0 Å². The Hall–Kier alpha value is -4.10. The molecule has 2 aromatic heterocycles. The van der Waals surface area contributed by atoms with Gasteiger partial charge in [-0.3, -0.25) is 9.59 Å². The Bertz CT molecular complexity index is 1520. The highest BCUT2D eigenvalue weighted by molar-refractivity contribution is 7.13. The minimum Gasteiger partial charge on any atom is -0.350 e. The summed E-state index contributed by atoms with van der Waals surface area (Å²) in [7, 11) is 0. The molecule has 3 aromatic carbocycles. The van der Waals surface area contributed by atoms with Gasteiger partial charge in [0.2, 0.25) is 0 Å². The minimum atomic E-state index is -0.324. The maximum Gasteiger partial charge on any atom is 0.279 e. The van der Waals surface area contributed by atoms with Crippen LogP contribution in [0.2, 0.25) is 0 Å². The van der Waals surface area contributed by atoms with Crippen LogP contribution in [-0.2, 0) is 6.42 Å². The van der Waals surface area contributed by atoms with Crippen molar-refractivity contribution in [3.63, 3.8) is 0 Å². The second kappa shape index (κ2) is 9.41. The molecule has 0 bridgehead atoms. The van der Waals surface area contributed by atoms with Crippen molar-refractivity contribution >= 4 is 28.0 Å². The van der Waals surface area contributed by atoms with Crippen molar-refractivity contribution in [3.05, 3.63) is 112 Å². The van der Waals surface area contributed by atoms with Gasteiger partial charge in [0.25, 0.3) is 11.5 Å². The van der Waals surface area contributed by atoms with Crippen LogP contribution in [-0.4, -0.2) is 27.2 Å².